The summed E-state index contributed by atoms with van der Waals surface area (Å²) >= 11 is 2.05. The summed E-state index contributed by atoms with van der Waals surface area (Å²) in [4.78, 5) is 22.1. The van der Waals surface area contributed by atoms with E-state index in [0.29, 0.717) is 16.7 Å². The van der Waals surface area contributed by atoms with E-state index in [9.17, 15) is 9.18 Å². The topological polar surface area (TPSA) is 63.6 Å². The van der Waals surface area contributed by atoms with Gasteiger partial charge in [0, 0.05) is 15.8 Å². The molecule has 0 bridgehead atoms. The monoisotopic (exact) mass is 356 g/mol. The Morgan fingerprint density at radius 1 is 1.39 bits per heavy atom. The van der Waals surface area contributed by atoms with Crippen molar-refractivity contribution in [3.8, 4) is 5.69 Å². The number of halogens is 2. The first-order valence-corrected chi connectivity index (χ1v) is 6.10. The molecule has 0 aromatic carbocycles. The van der Waals surface area contributed by atoms with E-state index in [0.717, 1.165) is 9.77 Å². The summed E-state index contributed by atoms with van der Waals surface area (Å²) in [6, 6.07) is 1.34. The second-order valence-electron chi connectivity index (χ2n) is 3.64. The zero-order valence-electron chi connectivity index (χ0n) is 8.89. The molecule has 0 fully saturated rings. The van der Waals surface area contributed by atoms with Gasteiger partial charge in [-0.2, -0.15) is 0 Å². The maximum atomic E-state index is 13.2. The summed E-state index contributed by atoms with van der Waals surface area (Å²) in [5, 5.41) is 0.488. The molecule has 3 aromatic rings. The summed E-state index contributed by atoms with van der Waals surface area (Å²) < 4.78 is 15.6. The van der Waals surface area contributed by atoms with Crippen molar-refractivity contribution in [1.29, 1.82) is 0 Å². The lowest BCUT2D eigenvalue weighted by Crippen LogP contribution is -2.07. The van der Waals surface area contributed by atoms with Gasteiger partial charge in [0.2, 0.25) is 0 Å². The number of nitrogens with one attached hydrogen (secondary N) is 1. The first-order valence-electron chi connectivity index (χ1n) is 5.02. The van der Waals surface area contributed by atoms with E-state index in [-0.39, 0.29) is 5.56 Å². The van der Waals surface area contributed by atoms with Gasteiger partial charge in [0.1, 0.15) is 5.82 Å². The van der Waals surface area contributed by atoms with E-state index < -0.39 is 5.82 Å². The Hall–Kier alpha value is -1.77. The summed E-state index contributed by atoms with van der Waals surface area (Å²) in [5.74, 6) is -0.436. The Morgan fingerprint density at radius 3 is 3.00 bits per heavy atom. The van der Waals surface area contributed by atoms with Crippen molar-refractivity contribution in [2.45, 2.75) is 0 Å². The lowest BCUT2D eigenvalue weighted by atomic mass is 10.4. The fraction of sp³-hybridized carbons (Fsp3) is 0. The normalized spacial score (nSPS) is 11.0. The summed E-state index contributed by atoms with van der Waals surface area (Å²) in [6.45, 7) is 0. The zero-order chi connectivity index (χ0) is 12.7. The van der Waals surface area contributed by atoms with Crippen LogP contribution in [0.2, 0.25) is 0 Å². The highest BCUT2D eigenvalue weighted by molar-refractivity contribution is 14.1. The number of hydrogen-bond acceptors (Lipinski definition) is 3. The number of fused-ring (bicyclic) bond motifs is 1. The van der Waals surface area contributed by atoms with Crippen LogP contribution in [0.4, 0.5) is 4.39 Å². The minimum atomic E-state index is -0.436. The van der Waals surface area contributed by atoms with Gasteiger partial charge < -0.3 is 4.98 Å². The number of nitrogens with zero attached hydrogens (tertiary/aromatic N) is 3. The second-order valence-corrected chi connectivity index (χ2v) is 4.80. The predicted molar refractivity (Wildman–Crippen MR) is 72.2 cm³/mol. The van der Waals surface area contributed by atoms with Crippen molar-refractivity contribution in [2.24, 2.45) is 0 Å². The van der Waals surface area contributed by atoms with E-state index in [1.165, 1.54) is 18.6 Å². The SMILES string of the molecule is O=c1[nH]cnc2c1c(I)cn2-c1cncc(F)c1. The Balaban J connectivity index is 2.38. The van der Waals surface area contributed by atoms with Gasteiger partial charge in [-0.3, -0.25) is 14.3 Å². The van der Waals surface area contributed by atoms with Gasteiger partial charge >= 0.3 is 0 Å². The van der Waals surface area contributed by atoms with Crippen molar-refractivity contribution in [3.05, 3.63) is 50.7 Å². The molecule has 0 aliphatic heterocycles. The lowest BCUT2D eigenvalue weighted by Gasteiger charge is -2.03. The molecule has 0 spiro atoms. The molecule has 0 saturated carbocycles. The minimum absolute atomic E-state index is 0.215. The molecule has 0 radical (unpaired) electrons. The molecule has 3 heterocycles. The number of aromatic amines is 1. The Bertz CT molecular complexity index is 795. The predicted octanol–water partition coefficient (Wildman–Crippen LogP) is 1.85. The third-order valence-corrected chi connectivity index (χ3v) is 3.33. The average molecular weight is 356 g/mol. The van der Waals surface area contributed by atoms with Gasteiger partial charge in [-0.15, -0.1) is 0 Å². The van der Waals surface area contributed by atoms with Crippen LogP contribution in [0.1, 0.15) is 0 Å². The number of hydrogen-bond donors (Lipinski definition) is 1. The Kier molecular flexibility index (Phi) is 2.62. The molecule has 0 atom stereocenters. The molecule has 90 valence electrons. The van der Waals surface area contributed by atoms with Gasteiger partial charge in [-0.05, 0) is 22.6 Å². The van der Waals surface area contributed by atoms with E-state index in [1.807, 2.05) is 22.6 Å². The highest BCUT2D eigenvalue weighted by Crippen LogP contribution is 2.21. The summed E-state index contributed by atoms with van der Waals surface area (Å²) in [6.07, 6.45) is 5.69. The van der Waals surface area contributed by atoms with Crippen LogP contribution in [-0.2, 0) is 0 Å². The van der Waals surface area contributed by atoms with Crippen LogP contribution >= 0.6 is 22.6 Å². The Morgan fingerprint density at radius 2 is 2.22 bits per heavy atom. The molecule has 1 N–H and O–H groups in total. The molecule has 18 heavy (non-hydrogen) atoms. The third-order valence-electron chi connectivity index (χ3n) is 2.51. The number of aromatic nitrogens is 4. The van der Waals surface area contributed by atoms with Gasteiger partial charge in [0.05, 0.1) is 29.8 Å². The quantitative estimate of drug-likeness (QED) is 0.677. The summed E-state index contributed by atoms with van der Waals surface area (Å²) in [7, 11) is 0. The summed E-state index contributed by atoms with van der Waals surface area (Å²) in [5.41, 5.74) is 0.795. The molecular formula is C11H6FIN4O. The van der Waals surface area contributed by atoms with Gasteiger partial charge in [0.15, 0.2) is 5.65 Å². The smallest absolute Gasteiger partial charge is 0.261 e. The van der Waals surface area contributed by atoms with Crippen LogP contribution in [0.3, 0.4) is 0 Å². The molecule has 0 saturated heterocycles. The first kappa shape index (κ1) is 11.3. The maximum absolute atomic E-state index is 13.2. The van der Waals surface area contributed by atoms with Crippen LogP contribution in [0, 0.1) is 9.39 Å². The van der Waals surface area contributed by atoms with E-state index >= 15 is 0 Å². The molecule has 0 aliphatic carbocycles. The van der Waals surface area contributed by atoms with Crippen molar-refractivity contribution >= 4 is 33.6 Å². The highest BCUT2D eigenvalue weighted by atomic mass is 127. The van der Waals surface area contributed by atoms with Crippen LogP contribution in [0.5, 0.6) is 0 Å². The van der Waals surface area contributed by atoms with Crippen LogP contribution in [0.25, 0.3) is 16.7 Å². The standard InChI is InChI=1S/C11H6FIN4O/c12-6-1-7(3-14-2-6)17-4-8(13)9-10(17)15-5-16-11(9)18/h1-5H,(H,15,16,18). The molecule has 7 heteroatoms. The number of H-pyrrole nitrogens is 1. The largest absolute Gasteiger partial charge is 0.312 e. The third kappa shape index (κ3) is 1.70. The van der Waals surface area contributed by atoms with Gasteiger partial charge in [-0.25, -0.2) is 9.37 Å². The Labute approximate surface area is 114 Å². The van der Waals surface area contributed by atoms with E-state index in [4.69, 9.17) is 0 Å². The van der Waals surface area contributed by atoms with Crippen molar-refractivity contribution < 1.29 is 4.39 Å². The fourth-order valence-corrected chi connectivity index (χ4v) is 2.52. The fourth-order valence-electron chi connectivity index (χ4n) is 1.76. The minimum Gasteiger partial charge on any atom is -0.312 e. The average Bonchev–Trinajstić information content (AvgIpc) is 2.68. The molecule has 3 rings (SSSR count). The number of rotatable bonds is 1. The molecular weight excluding hydrogens is 350 g/mol. The van der Waals surface area contributed by atoms with E-state index in [1.54, 1.807) is 10.8 Å². The van der Waals surface area contributed by atoms with Crippen LogP contribution < -0.4 is 5.56 Å². The molecule has 0 aliphatic rings. The van der Waals surface area contributed by atoms with Gasteiger partial charge in [0.25, 0.3) is 5.56 Å². The van der Waals surface area contributed by atoms with Crippen LogP contribution in [0.15, 0.2) is 35.8 Å². The molecule has 0 amide bonds. The molecule has 5 nitrogen and oxygen atoms in total. The van der Waals surface area contributed by atoms with Crippen molar-refractivity contribution in [1.82, 2.24) is 19.5 Å². The van der Waals surface area contributed by atoms with Gasteiger partial charge in [-0.1, -0.05) is 0 Å². The number of pyridine rings is 1. The van der Waals surface area contributed by atoms with Crippen molar-refractivity contribution in [2.75, 3.05) is 0 Å². The van der Waals surface area contributed by atoms with E-state index in [2.05, 4.69) is 15.0 Å². The molecule has 0 unspecified atom stereocenters. The molecule has 3 aromatic heterocycles. The zero-order valence-corrected chi connectivity index (χ0v) is 11.1. The lowest BCUT2D eigenvalue weighted by molar-refractivity contribution is 0.620. The maximum Gasteiger partial charge on any atom is 0.261 e. The van der Waals surface area contributed by atoms with Crippen LogP contribution in [-0.4, -0.2) is 19.5 Å². The first-order chi connectivity index (χ1) is 8.66. The second kappa shape index (κ2) is 4.16. The highest BCUT2D eigenvalue weighted by Gasteiger charge is 2.12. The van der Waals surface area contributed by atoms with Crippen molar-refractivity contribution in [3.63, 3.8) is 0 Å².